The third kappa shape index (κ3) is 4.57. The molecule has 1 aliphatic heterocycles. The molecule has 2 rings (SSSR count). The molecule has 0 unspecified atom stereocenters. The van der Waals surface area contributed by atoms with Crippen molar-refractivity contribution in [1.29, 1.82) is 0 Å². The molecule has 0 N–H and O–H groups in total. The number of hydrogen-bond acceptors (Lipinski definition) is 3. The van der Waals surface area contributed by atoms with Gasteiger partial charge in [-0.05, 0) is 68.4 Å². The highest BCUT2D eigenvalue weighted by Crippen LogP contribution is 2.26. The van der Waals surface area contributed by atoms with Gasteiger partial charge in [0.15, 0.2) is 5.78 Å². The summed E-state index contributed by atoms with van der Waals surface area (Å²) in [5.41, 5.74) is 0.814. The Morgan fingerprint density at radius 3 is 2.47 bits per heavy atom. The molecule has 0 spiro atoms. The molecule has 0 radical (unpaired) electrons. The molecule has 1 aromatic carbocycles. The van der Waals surface area contributed by atoms with E-state index in [9.17, 15) is 4.79 Å². The van der Waals surface area contributed by atoms with Crippen LogP contribution in [0, 0.1) is 5.92 Å². The Morgan fingerprint density at radius 2 is 1.89 bits per heavy atom. The van der Waals surface area contributed by atoms with E-state index in [4.69, 9.17) is 4.74 Å². The number of benzene rings is 1. The van der Waals surface area contributed by atoms with Crippen LogP contribution in [0.2, 0.25) is 0 Å². The van der Waals surface area contributed by atoms with Crippen LogP contribution in [0.1, 0.15) is 43.5 Å². The van der Waals surface area contributed by atoms with Crippen LogP contribution in [-0.2, 0) is 0 Å². The smallest absolute Gasteiger partial charge is 0.163 e. The van der Waals surface area contributed by atoms with Gasteiger partial charge in [-0.1, -0.05) is 0 Å². The lowest BCUT2D eigenvalue weighted by Gasteiger charge is -2.20. The number of hydrogen-bond donors (Lipinski definition) is 0. The molecule has 104 valence electrons. The molecule has 3 heteroatoms. The molecule has 2 nitrogen and oxygen atoms in total. The summed E-state index contributed by atoms with van der Waals surface area (Å²) in [6.45, 7) is 4.00. The van der Waals surface area contributed by atoms with Crippen LogP contribution in [0.25, 0.3) is 0 Å². The maximum Gasteiger partial charge on any atom is 0.163 e. The first kappa shape index (κ1) is 14.4. The van der Waals surface area contributed by atoms with Crippen LogP contribution in [0.4, 0.5) is 0 Å². The fraction of sp³-hybridized carbons (Fsp3) is 0.562. The lowest BCUT2D eigenvalue weighted by atomic mass is 9.93. The minimum atomic E-state index is 0.168. The molecular formula is C16H22O2S. The highest BCUT2D eigenvalue weighted by Gasteiger charge is 2.18. The van der Waals surface area contributed by atoms with Crippen molar-refractivity contribution < 1.29 is 9.53 Å². The molecule has 0 saturated carbocycles. The SMILES string of the molecule is CC(C)Oc1ccc(C(=O)CC2CCSCC2)cc1. The van der Waals surface area contributed by atoms with E-state index in [-0.39, 0.29) is 11.9 Å². The summed E-state index contributed by atoms with van der Waals surface area (Å²) < 4.78 is 5.58. The Hall–Kier alpha value is -0.960. The van der Waals surface area contributed by atoms with E-state index in [2.05, 4.69) is 0 Å². The van der Waals surface area contributed by atoms with Crippen molar-refractivity contribution in [1.82, 2.24) is 0 Å². The van der Waals surface area contributed by atoms with Gasteiger partial charge in [-0.3, -0.25) is 4.79 Å². The average molecular weight is 278 g/mol. The van der Waals surface area contributed by atoms with Crippen molar-refractivity contribution in [2.45, 2.75) is 39.2 Å². The van der Waals surface area contributed by atoms with Crippen molar-refractivity contribution in [2.75, 3.05) is 11.5 Å². The van der Waals surface area contributed by atoms with Gasteiger partial charge in [0, 0.05) is 12.0 Å². The molecule has 1 aromatic rings. The van der Waals surface area contributed by atoms with Crippen LogP contribution in [0.15, 0.2) is 24.3 Å². The fourth-order valence-electron chi connectivity index (χ4n) is 2.32. The quantitative estimate of drug-likeness (QED) is 0.755. The fourth-order valence-corrected chi connectivity index (χ4v) is 3.53. The van der Waals surface area contributed by atoms with Gasteiger partial charge in [0.1, 0.15) is 5.75 Å². The van der Waals surface area contributed by atoms with Crippen molar-refractivity contribution in [3.63, 3.8) is 0 Å². The highest BCUT2D eigenvalue weighted by molar-refractivity contribution is 7.99. The number of rotatable bonds is 5. The molecule has 0 aromatic heterocycles. The van der Waals surface area contributed by atoms with Crippen molar-refractivity contribution in [3.8, 4) is 5.75 Å². The van der Waals surface area contributed by atoms with Crippen molar-refractivity contribution in [3.05, 3.63) is 29.8 Å². The summed E-state index contributed by atoms with van der Waals surface area (Å²) in [6.07, 6.45) is 3.24. The Kier molecular flexibility index (Phi) is 5.32. The zero-order chi connectivity index (χ0) is 13.7. The largest absolute Gasteiger partial charge is 0.491 e. The molecule has 0 aliphatic carbocycles. The van der Waals surface area contributed by atoms with Gasteiger partial charge in [-0.2, -0.15) is 11.8 Å². The summed E-state index contributed by atoms with van der Waals surface area (Å²) >= 11 is 2.00. The number of ether oxygens (including phenoxy) is 1. The summed E-state index contributed by atoms with van der Waals surface area (Å²) in [5, 5.41) is 0. The van der Waals surface area contributed by atoms with Crippen LogP contribution < -0.4 is 4.74 Å². The second kappa shape index (κ2) is 6.99. The Balaban J connectivity index is 1.91. The molecule has 19 heavy (non-hydrogen) atoms. The molecule has 0 amide bonds. The predicted molar refractivity (Wildman–Crippen MR) is 81.2 cm³/mol. The van der Waals surface area contributed by atoms with Crippen molar-refractivity contribution >= 4 is 17.5 Å². The molecule has 0 atom stereocenters. The zero-order valence-electron chi connectivity index (χ0n) is 11.7. The first-order chi connectivity index (χ1) is 9.15. The Labute approximate surface area is 119 Å². The van der Waals surface area contributed by atoms with Gasteiger partial charge < -0.3 is 4.74 Å². The molecule has 0 bridgehead atoms. The third-order valence-electron chi connectivity index (χ3n) is 3.36. The molecular weight excluding hydrogens is 256 g/mol. The van der Waals surface area contributed by atoms with E-state index in [1.807, 2.05) is 49.9 Å². The number of carbonyl (C=O) groups is 1. The van der Waals surface area contributed by atoms with Gasteiger partial charge in [0.05, 0.1) is 6.10 Å². The Morgan fingerprint density at radius 1 is 1.26 bits per heavy atom. The second-order valence-corrected chi connectivity index (χ2v) is 6.60. The number of Topliss-reactive ketones (excluding diaryl/α,β-unsaturated/α-hetero) is 1. The van der Waals surface area contributed by atoms with Crippen LogP contribution in [0.3, 0.4) is 0 Å². The van der Waals surface area contributed by atoms with E-state index in [0.717, 1.165) is 11.3 Å². The minimum absolute atomic E-state index is 0.168. The maximum absolute atomic E-state index is 12.2. The van der Waals surface area contributed by atoms with Crippen LogP contribution in [0.5, 0.6) is 5.75 Å². The molecule has 1 aliphatic rings. The van der Waals surface area contributed by atoms with Crippen molar-refractivity contribution in [2.24, 2.45) is 5.92 Å². The first-order valence-electron chi connectivity index (χ1n) is 7.03. The third-order valence-corrected chi connectivity index (χ3v) is 4.41. The van der Waals surface area contributed by atoms with E-state index < -0.39 is 0 Å². The standard InChI is InChI=1S/C16H22O2S/c1-12(2)18-15-5-3-14(4-6-15)16(17)11-13-7-9-19-10-8-13/h3-6,12-13H,7-11H2,1-2H3. The van der Waals surface area contributed by atoms with E-state index in [1.165, 1.54) is 24.3 Å². The molecule has 1 saturated heterocycles. The molecule has 1 fully saturated rings. The Bertz CT molecular complexity index is 405. The highest BCUT2D eigenvalue weighted by atomic mass is 32.2. The zero-order valence-corrected chi connectivity index (χ0v) is 12.5. The summed E-state index contributed by atoms with van der Waals surface area (Å²) in [6, 6.07) is 7.56. The van der Waals surface area contributed by atoms with E-state index in [0.29, 0.717) is 12.3 Å². The predicted octanol–water partition coefficient (Wildman–Crippen LogP) is 4.19. The number of ketones is 1. The summed E-state index contributed by atoms with van der Waals surface area (Å²) in [4.78, 5) is 12.2. The van der Waals surface area contributed by atoms with Gasteiger partial charge in [0.25, 0.3) is 0 Å². The number of carbonyl (C=O) groups excluding carboxylic acids is 1. The van der Waals surface area contributed by atoms with Gasteiger partial charge >= 0.3 is 0 Å². The normalized spacial score (nSPS) is 16.6. The monoisotopic (exact) mass is 278 g/mol. The second-order valence-electron chi connectivity index (χ2n) is 5.37. The molecule has 1 heterocycles. The van der Waals surface area contributed by atoms with Crippen LogP contribution in [-0.4, -0.2) is 23.4 Å². The maximum atomic E-state index is 12.2. The van der Waals surface area contributed by atoms with Crippen LogP contribution >= 0.6 is 11.8 Å². The topological polar surface area (TPSA) is 26.3 Å². The lowest BCUT2D eigenvalue weighted by molar-refractivity contribution is 0.0958. The summed E-state index contributed by atoms with van der Waals surface area (Å²) in [5.74, 6) is 4.10. The lowest BCUT2D eigenvalue weighted by Crippen LogP contribution is -2.14. The van der Waals surface area contributed by atoms with E-state index >= 15 is 0 Å². The van der Waals surface area contributed by atoms with E-state index in [1.54, 1.807) is 0 Å². The average Bonchev–Trinajstić information content (AvgIpc) is 2.40. The number of thioether (sulfide) groups is 1. The first-order valence-corrected chi connectivity index (χ1v) is 8.18. The van der Waals surface area contributed by atoms with Gasteiger partial charge in [-0.15, -0.1) is 0 Å². The minimum Gasteiger partial charge on any atom is -0.491 e. The summed E-state index contributed by atoms with van der Waals surface area (Å²) in [7, 11) is 0. The van der Waals surface area contributed by atoms with Gasteiger partial charge in [-0.25, -0.2) is 0 Å². The van der Waals surface area contributed by atoms with Gasteiger partial charge in [0.2, 0.25) is 0 Å².